The van der Waals surface area contributed by atoms with Crippen LogP contribution < -0.4 is 0 Å². The summed E-state index contributed by atoms with van der Waals surface area (Å²) in [5.74, 6) is 5.83. The predicted molar refractivity (Wildman–Crippen MR) is 81.1 cm³/mol. The van der Waals surface area contributed by atoms with Crippen LogP contribution in [0.1, 0.15) is 32.1 Å². The SMILES string of the molecule is C#CC1CC(=O)C=C2CC[C@H]3[C@@H]4C=C[C@H](O)[C@H]4CC[C@@H]3[C@H]21. The van der Waals surface area contributed by atoms with E-state index in [2.05, 4.69) is 12.0 Å². The molecule has 2 nitrogen and oxygen atoms in total. The third-order valence-electron chi connectivity index (χ3n) is 6.41. The Labute approximate surface area is 126 Å². The molecule has 1 N–H and O–H groups in total. The third-order valence-corrected chi connectivity index (χ3v) is 6.41. The van der Waals surface area contributed by atoms with Crippen molar-refractivity contribution in [2.45, 2.75) is 38.2 Å². The van der Waals surface area contributed by atoms with E-state index < -0.39 is 0 Å². The van der Waals surface area contributed by atoms with Crippen molar-refractivity contribution in [3.8, 4) is 12.3 Å². The molecular weight excluding hydrogens is 260 g/mol. The zero-order valence-electron chi connectivity index (χ0n) is 12.2. The van der Waals surface area contributed by atoms with Gasteiger partial charge in [-0.25, -0.2) is 0 Å². The van der Waals surface area contributed by atoms with Gasteiger partial charge in [0.25, 0.3) is 0 Å². The predicted octanol–water partition coefficient (Wildman–Crippen LogP) is 2.73. The van der Waals surface area contributed by atoms with Crippen molar-refractivity contribution in [1.29, 1.82) is 0 Å². The van der Waals surface area contributed by atoms with Gasteiger partial charge in [0.15, 0.2) is 5.78 Å². The summed E-state index contributed by atoms with van der Waals surface area (Å²) in [7, 11) is 0. The van der Waals surface area contributed by atoms with E-state index in [1.165, 1.54) is 5.57 Å². The number of aliphatic hydroxyl groups excluding tert-OH is 1. The van der Waals surface area contributed by atoms with Crippen LogP contribution in [0.25, 0.3) is 0 Å². The molecular formula is C19H22O2. The molecule has 21 heavy (non-hydrogen) atoms. The van der Waals surface area contributed by atoms with Crippen LogP contribution >= 0.6 is 0 Å². The lowest BCUT2D eigenvalue weighted by Crippen LogP contribution is -2.45. The van der Waals surface area contributed by atoms with Gasteiger partial charge in [-0.1, -0.05) is 17.7 Å². The molecule has 0 aromatic carbocycles. The number of rotatable bonds is 0. The molecule has 2 heteroatoms. The van der Waals surface area contributed by atoms with E-state index in [1.807, 2.05) is 12.2 Å². The molecule has 0 aliphatic heterocycles. The van der Waals surface area contributed by atoms with E-state index in [4.69, 9.17) is 6.42 Å². The van der Waals surface area contributed by atoms with Gasteiger partial charge in [-0.05, 0) is 61.3 Å². The highest BCUT2D eigenvalue weighted by atomic mass is 16.3. The summed E-state index contributed by atoms with van der Waals surface area (Å²) >= 11 is 0. The van der Waals surface area contributed by atoms with Gasteiger partial charge in [0, 0.05) is 12.3 Å². The summed E-state index contributed by atoms with van der Waals surface area (Å²) in [6.45, 7) is 0. The minimum atomic E-state index is -0.246. The van der Waals surface area contributed by atoms with Gasteiger partial charge in [0.2, 0.25) is 0 Å². The van der Waals surface area contributed by atoms with Crippen LogP contribution in [0.2, 0.25) is 0 Å². The van der Waals surface area contributed by atoms with Crippen molar-refractivity contribution in [2.75, 3.05) is 0 Å². The highest BCUT2D eigenvalue weighted by Crippen LogP contribution is 2.56. The summed E-state index contributed by atoms with van der Waals surface area (Å²) in [6.07, 6.45) is 16.6. The van der Waals surface area contributed by atoms with E-state index in [0.29, 0.717) is 36.0 Å². The number of hydrogen-bond donors (Lipinski definition) is 1. The molecule has 7 atom stereocenters. The van der Waals surface area contributed by atoms with Gasteiger partial charge >= 0.3 is 0 Å². The number of carbonyl (C=O) groups excluding carboxylic acids is 1. The highest BCUT2D eigenvalue weighted by Gasteiger charge is 2.50. The Kier molecular flexibility index (Phi) is 3.08. The lowest BCUT2D eigenvalue weighted by Gasteiger charge is -2.50. The first-order valence-electron chi connectivity index (χ1n) is 8.25. The van der Waals surface area contributed by atoms with Crippen LogP contribution in [0.4, 0.5) is 0 Å². The van der Waals surface area contributed by atoms with Crippen LogP contribution in [0, 0.1) is 47.9 Å². The van der Waals surface area contributed by atoms with Crippen molar-refractivity contribution in [3.05, 3.63) is 23.8 Å². The van der Waals surface area contributed by atoms with Crippen LogP contribution in [0.3, 0.4) is 0 Å². The summed E-state index contributed by atoms with van der Waals surface area (Å²) in [4.78, 5) is 11.9. The van der Waals surface area contributed by atoms with Crippen molar-refractivity contribution in [3.63, 3.8) is 0 Å². The molecule has 4 aliphatic carbocycles. The molecule has 0 spiro atoms. The molecule has 0 radical (unpaired) electrons. The quantitative estimate of drug-likeness (QED) is 0.548. The molecule has 0 heterocycles. The second-order valence-corrected chi connectivity index (χ2v) is 7.25. The van der Waals surface area contributed by atoms with Gasteiger partial charge in [-0.3, -0.25) is 4.79 Å². The maximum absolute atomic E-state index is 11.9. The lowest BCUT2D eigenvalue weighted by atomic mass is 9.54. The summed E-state index contributed by atoms with van der Waals surface area (Å²) in [5, 5.41) is 10.1. The molecule has 4 aliphatic rings. The topological polar surface area (TPSA) is 37.3 Å². The monoisotopic (exact) mass is 282 g/mol. The maximum atomic E-state index is 11.9. The normalized spacial score (nSPS) is 47.9. The first-order chi connectivity index (χ1) is 10.2. The second kappa shape index (κ2) is 4.85. The van der Waals surface area contributed by atoms with E-state index in [9.17, 15) is 9.90 Å². The number of terminal acetylenes is 1. The number of fused-ring (bicyclic) bond motifs is 5. The number of ketones is 1. The maximum Gasteiger partial charge on any atom is 0.156 e. The second-order valence-electron chi connectivity index (χ2n) is 7.25. The third kappa shape index (κ3) is 1.94. The molecule has 0 bridgehead atoms. The zero-order valence-corrected chi connectivity index (χ0v) is 12.2. The molecule has 0 aromatic rings. The van der Waals surface area contributed by atoms with Crippen LogP contribution in [-0.2, 0) is 4.79 Å². The van der Waals surface area contributed by atoms with Crippen LogP contribution in [0.15, 0.2) is 23.8 Å². The Bertz CT molecular complexity index is 565. The molecule has 2 fully saturated rings. The number of allylic oxidation sites excluding steroid dienone is 3. The number of hydrogen-bond acceptors (Lipinski definition) is 2. The first kappa shape index (κ1) is 13.3. The molecule has 0 amide bonds. The smallest absolute Gasteiger partial charge is 0.156 e. The fourth-order valence-electron chi connectivity index (χ4n) is 5.59. The highest BCUT2D eigenvalue weighted by molar-refractivity contribution is 5.92. The Morgan fingerprint density at radius 1 is 1.14 bits per heavy atom. The lowest BCUT2D eigenvalue weighted by molar-refractivity contribution is -0.116. The Morgan fingerprint density at radius 2 is 1.95 bits per heavy atom. The van der Waals surface area contributed by atoms with E-state index in [1.54, 1.807) is 0 Å². The Hall–Kier alpha value is -1.33. The van der Waals surface area contributed by atoms with Gasteiger partial charge in [-0.2, -0.15) is 0 Å². The largest absolute Gasteiger partial charge is 0.389 e. The van der Waals surface area contributed by atoms with E-state index >= 15 is 0 Å². The van der Waals surface area contributed by atoms with Crippen molar-refractivity contribution in [1.82, 2.24) is 0 Å². The molecule has 0 saturated heterocycles. The first-order valence-corrected chi connectivity index (χ1v) is 8.25. The van der Waals surface area contributed by atoms with Crippen LogP contribution in [-0.4, -0.2) is 17.0 Å². The number of aliphatic hydroxyl groups is 1. The summed E-state index contributed by atoms with van der Waals surface area (Å²) < 4.78 is 0. The van der Waals surface area contributed by atoms with Gasteiger partial charge in [0.05, 0.1) is 6.10 Å². The zero-order chi connectivity index (χ0) is 14.6. The van der Waals surface area contributed by atoms with E-state index in [-0.39, 0.29) is 17.8 Å². The molecule has 4 rings (SSSR count). The van der Waals surface area contributed by atoms with Crippen molar-refractivity contribution in [2.24, 2.45) is 35.5 Å². The van der Waals surface area contributed by atoms with E-state index in [0.717, 1.165) is 25.7 Å². The molecule has 110 valence electrons. The molecule has 2 saturated carbocycles. The summed E-state index contributed by atoms with van der Waals surface area (Å²) in [6, 6.07) is 0. The average molecular weight is 282 g/mol. The minimum Gasteiger partial charge on any atom is -0.389 e. The fraction of sp³-hybridized carbons (Fsp3) is 0.632. The van der Waals surface area contributed by atoms with Crippen molar-refractivity contribution >= 4 is 5.78 Å². The minimum absolute atomic E-state index is 0.0946. The summed E-state index contributed by atoms with van der Waals surface area (Å²) in [5.41, 5.74) is 1.32. The standard InChI is InChI=1S/C19H22O2/c1-2-11-9-13(20)10-12-3-4-15-14-7-8-18(21)16(14)5-6-17(15)19(11)12/h1,7-8,10-11,14-19,21H,3-6,9H2/t11?,14-,15-,16-,17-,18-,19-/m0/s1. The van der Waals surface area contributed by atoms with Crippen molar-refractivity contribution < 1.29 is 9.90 Å². The molecule has 1 unspecified atom stereocenters. The Balaban J connectivity index is 1.67. The van der Waals surface area contributed by atoms with Crippen LogP contribution in [0.5, 0.6) is 0 Å². The van der Waals surface area contributed by atoms with Gasteiger partial charge in [0.1, 0.15) is 0 Å². The van der Waals surface area contributed by atoms with Gasteiger partial charge < -0.3 is 5.11 Å². The average Bonchev–Trinajstić information content (AvgIpc) is 2.87. The number of carbonyl (C=O) groups is 1. The molecule has 0 aromatic heterocycles. The van der Waals surface area contributed by atoms with Gasteiger partial charge in [-0.15, -0.1) is 12.3 Å². The Morgan fingerprint density at radius 3 is 2.76 bits per heavy atom. The fourth-order valence-corrected chi connectivity index (χ4v) is 5.59.